The molecular weight excluding hydrogens is 198 g/mol. The van der Waals surface area contributed by atoms with E-state index in [1.165, 1.54) is 11.1 Å². The maximum Gasteiger partial charge on any atom is 0.0677 e. The number of rotatable bonds is 3. The molecule has 0 saturated carbocycles. The molecule has 2 aromatic rings. The van der Waals surface area contributed by atoms with E-state index in [9.17, 15) is 0 Å². The molecule has 0 aliphatic carbocycles. The number of benzene rings is 1. The molecule has 1 atom stereocenters. The third kappa shape index (κ3) is 2.31. The van der Waals surface area contributed by atoms with Gasteiger partial charge in [-0.05, 0) is 43.5 Å². The Morgan fingerprint density at radius 2 is 2.25 bits per heavy atom. The van der Waals surface area contributed by atoms with Gasteiger partial charge in [-0.2, -0.15) is 5.10 Å². The molecule has 0 fully saturated rings. The summed E-state index contributed by atoms with van der Waals surface area (Å²) >= 11 is 0. The van der Waals surface area contributed by atoms with Crippen LogP contribution < -0.4 is 5.73 Å². The van der Waals surface area contributed by atoms with E-state index in [0.29, 0.717) is 0 Å². The molecular formula is C13H17N3. The van der Waals surface area contributed by atoms with Crippen LogP contribution in [-0.4, -0.2) is 15.8 Å². The fraction of sp³-hybridized carbons (Fsp3) is 0.308. The van der Waals surface area contributed by atoms with Gasteiger partial charge in [0, 0.05) is 18.4 Å². The average molecular weight is 215 g/mol. The second kappa shape index (κ2) is 4.49. The van der Waals surface area contributed by atoms with Gasteiger partial charge in [-0.1, -0.05) is 12.1 Å². The molecule has 3 heteroatoms. The molecule has 0 saturated heterocycles. The van der Waals surface area contributed by atoms with Crippen molar-refractivity contribution in [1.29, 1.82) is 0 Å². The highest BCUT2D eigenvalue weighted by Crippen LogP contribution is 2.16. The van der Waals surface area contributed by atoms with Crippen molar-refractivity contribution in [2.45, 2.75) is 26.3 Å². The molecule has 84 valence electrons. The Morgan fingerprint density at radius 1 is 1.44 bits per heavy atom. The summed E-state index contributed by atoms with van der Waals surface area (Å²) in [6, 6.07) is 8.53. The Hall–Kier alpha value is -1.61. The Labute approximate surface area is 95.9 Å². The lowest BCUT2D eigenvalue weighted by Gasteiger charge is -2.10. The first-order valence-corrected chi connectivity index (χ1v) is 5.52. The first kappa shape index (κ1) is 10.9. The maximum absolute atomic E-state index is 5.81. The van der Waals surface area contributed by atoms with Crippen LogP contribution in [0.1, 0.15) is 18.1 Å². The normalized spacial score (nSPS) is 12.7. The van der Waals surface area contributed by atoms with Gasteiger partial charge in [-0.3, -0.25) is 0 Å². The molecule has 2 rings (SSSR count). The van der Waals surface area contributed by atoms with Crippen molar-refractivity contribution in [1.82, 2.24) is 9.78 Å². The topological polar surface area (TPSA) is 43.8 Å². The molecule has 0 aliphatic rings. The second-order valence-electron chi connectivity index (χ2n) is 4.25. The number of hydrogen-bond acceptors (Lipinski definition) is 2. The zero-order chi connectivity index (χ0) is 11.5. The fourth-order valence-electron chi connectivity index (χ4n) is 1.81. The maximum atomic E-state index is 5.81. The predicted molar refractivity (Wildman–Crippen MR) is 65.7 cm³/mol. The largest absolute Gasteiger partial charge is 0.328 e. The van der Waals surface area contributed by atoms with Crippen LogP contribution in [0.5, 0.6) is 0 Å². The first-order valence-electron chi connectivity index (χ1n) is 5.52. The van der Waals surface area contributed by atoms with E-state index in [1.54, 1.807) is 6.20 Å². The minimum atomic E-state index is 0.188. The van der Waals surface area contributed by atoms with E-state index < -0.39 is 0 Å². The molecule has 3 nitrogen and oxygen atoms in total. The van der Waals surface area contributed by atoms with Gasteiger partial charge >= 0.3 is 0 Å². The molecule has 1 aromatic carbocycles. The summed E-state index contributed by atoms with van der Waals surface area (Å²) in [5.74, 6) is 0. The Kier molecular flexibility index (Phi) is 3.06. The molecule has 1 unspecified atom stereocenters. The molecule has 0 spiro atoms. The summed E-state index contributed by atoms with van der Waals surface area (Å²) in [6.07, 6.45) is 4.64. The summed E-state index contributed by atoms with van der Waals surface area (Å²) in [7, 11) is 0. The molecule has 1 aromatic heterocycles. The number of aromatic nitrogens is 2. The molecule has 0 aliphatic heterocycles. The van der Waals surface area contributed by atoms with Gasteiger partial charge < -0.3 is 5.73 Å². The van der Waals surface area contributed by atoms with Crippen LogP contribution in [0.2, 0.25) is 0 Å². The van der Waals surface area contributed by atoms with E-state index in [1.807, 2.05) is 23.9 Å². The molecule has 1 heterocycles. The summed E-state index contributed by atoms with van der Waals surface area (Å²) in [5.41, 5.74) is 9.41. The third-order valence-electron chi connectivity index (χ3n) is 2.58. The fourth-order valence-corrected chi connectivity index (χ4v) is 1.81. The van der Waals surface area contributed by atoms with Gasteiger partial charge in [-0.15, -0.1) is 0 Å². The summed E-state index contributed by atoms with van der Waals surface area (Å²) < 4.78 is 1.89. The van der Waals surface area contributed by atoms with Crippen LogP contribution >= 0.6 is 0 Å². The van der Waals surface area contributed by atoms with Gasteiger partial charge in [0.05, 0.1) is 5.69 Å². The van der Waals surface area contributed by atoms with E-state index >= 15 is 0 Å². The van der Waals surface area contributed by atoms with Crippen molar-refractivity contribution in [3.63, 3.8) is 0 Å². The minimum absolute atomic E-state index is 0.188. The quantitative estimate of drug-likeness (QED) is 0.851. The Balaban J connectivity index is 2.37. The van der Waals surface area contributed by atoms with Crippen LogP contribution in [0.4, 0.5) is 0 Å². The van der Waals surface area contributed by atoms with Crippen LogP contribution in [0, 0.1) is 6.92 Å². The third-order valence-corrected chi connectivity index (χ3v) is 2.58. The predicted octanol–water partition coefficient (Wildman–Crippen LogP) is 2.07. The van der Waals surface area contributed by atoms with Crippen molar-refractivity contribution >= 4 is 0 Å². The lowest BCUT2D eigenvalue weighted by molar-refractivity contribution is 0.736. The SMILES string of the molecule is Cc1ccc(CC(C)N)cc1-n1cccn1. The number of nitrogens with zero attached hydrogens (tertiary/aromatic N) is 2. The average Bonchev–Trinajstić information content (AvgIpc) is 2.73. The second-order valence-corrected chi connectivity index (χ2v) is 4.25. The smallest absolute Gasteiger partial charge is 0.0677 e. The van der Waals surface area contributed by atoms with Crippen molar-refractivity contribution in [3.8, 4) is 5.69 Å². The minimum Gasteiger partial charge on any atom is -0.328 e. The van der Waals surface area contributed by atoms with Gasteiger partial charge in [0.25, 0.3) is 0 Å². The molecule has 16 heavy (non-hydrogen) atoms. The zero-order valence-corrected chi connectivity index (χ0v) is 9.72. The molecule has 2 N–H and O–H groups in total. The summed E-state index contributed by atoms with van der Waals surface area (Å²) in [6.45, 7) is 4.11. The highest BCUT2D eigenvalue weighted by Gasteiger charge is 2.04. The first-order chi connectivity index (χ1) is 7.66. The van der Waals surface area contributed by atoms with Crippen molar-refractivity contribution in [2.75, 3.05) is 0 Å². The number of hydrogen-bond donors (Lipinski definition) is 1. The zero-order valence-electron chi connectivity index (χ0n) is 9.72. The van der Waals surface area contributed by atoms with E-state index in [-0.39, 0.29) is 6.04 Å². The molecule has 0 bridgehead atoms. The summed E-state index contributed by atoms with van der Waals surface area (Å²) in [5, 5.41) is 4.25. The van der Waals surface area contributed by atoms with Crippen LogP contribution in [0.25, 0.3) is 5.69 Å². The van der Waals surface area contributed by atoms with Gasteiger partial charge in [0.1, 0.15) is 0 Å². The molecule has 0 radical (unpaired) electrons. The van der Waals surface area contributed by atoms with Crippen LogP contribution in [0.3, 0.4) is 0 Å². The van der Waals surface area contributed by atoms with Crippen molar-refractivity contribution in [3.05, 3.63) is 47.8 Å². The van der Waals surface area contributed by atoms with Crippen molar-refractivity contribution < 1.29 is 0 Å². The van der Waals surface area contributed by atoms with E-state index in [2.05, 4.69) is 30.2 Å². The van der Waals surface area contributed by atoms with Gasteiger partial charge in [0.15, 0.2) is 0 Å². The van der Waals surface area contributed by atoms with Crippen LogP contribution in [-0.2, 0) is 6.42 Å². The summed E-state index contributed by atoms with van der Waals surface area (Å²) in [4.78, 5) is 0. The Morgan fingerprint density at radius 3 is 2.88 bits per heavy atom. The van der Waals surface area contributed by atoms with E-state index in [0.717, 1.165) is 12.1 Å². The number of aryl methyl sites for hydroxylation is 1. The molecule has 0 amide bonds. The standard InChI is InChI=1S/C13H17N3/c1-10-4-5-12(8-11(2)14)9-13(10)16-7-3-6-15-16/h3-7,9,11H,8,14H2,1-2H3. The Bertz CT molecular complexity index is 458. The number of nitrogens with two attached hydrogens (primary N) is 1. The highest BCUT2D eigenvalue weighted by atomic mass is 15.3. The monoisotopic (exact) mass is 215 g/mol. The van der Waals surface area contributed by atoms with Gasteiger partial charge in [0.2, 0.25) is 0 Å². The lowest BCUT2D eigenvalue weighted by Crippen LogP contribution is -2.17. The van der Waals surface area contributed by atoms with E-state index in [4.69, 9.17) is 5.73 Å². The van der Waals surface area contributed by atoms with Crippen molar-refractivity contribution in [2.24, 2.45) is 5.73 Å². The highest BCUT2D eigenvalue weighted by molar-refractivity contribution is 5.42. The lowest BCUT2D eigenvalue weighted by atomic mass is 10.0. The van der Waals surface area contributed by atoms with Gasteiger partial charge in [-0.25, -0.2) is 4.68 Å². The van der Waals surface area contributed by atoms with Crippen LogP contribution in [0.15, 0.2) is 36.7 Å².